The highest BCUT2D eigenvalue weighted by molar-refractivity contribution is 4.78. The predicted molar refractivity (Wildman–Crippen MR) is 89.6 cm³/mol. The smallest absolute Gasteiger partial charge is 0.0880 e. The number of rotatable bonds is 16. The molecule has 0 aromatic rings. The van der Waals surface area contributed by atoms with Crippen LogP contribution >= 0.6 is 0 Å². The molecule has 2 N–H and O–H groups in total. The third kappa shape index (κ3) is 13.3. The maximum atomic E-state index is 10.7. The Bertz CT molecular complexity index is 209. The molecular weight excluding hydrogens is 264 g/mol. The van der Waals surface area contributed by atoms with Gasteiger partial charge in [0.2, 0.25) is 0 Å². The second-order valence-corrected chi connectivity index (χ2v) is 6.33. The molecule has 0 heterocycles. The van der Waals surface area contributed by atoms with Crippen molar-refractivity contribution in [2.45, 2.75) is 96.5 Å². The van der Waals surface area contributed by atoms with E-state index in [2.05, 4.69) is 13.8 Å². The quantitative estimate of drug-likeness (QED) is 0.414. The van der Waals surface area contributed by atoms with Crippen LogP contribution in [-0.2, 0) is 4.74 Å². The topological polar surface area (TPSA) is 49.7 Å². The van der Waals surface area contributed by atoms with Crippen LogP contribution in [0.2, 0.25) is 0 Å². The maximum Gasteiger partial charge on any atom is 0.0880 e. The van der Waals surface area contributed by atoms with Gasteiger partial charge in [-0.3, -0.25) is 0 Å². The fourth-order valence-corrected chi connectivity index (χ4v) is 2.71. The van der Waals surface area contributed by atoms with Crippen LogP contribution in [-0.4, -0.2) is 35.6 Å². The van der Waals surface area contributed by atoms with Crippen LogP contribution in [0.5, 0.6) is 0 Å². The van der Waals surface area contributed by atoms with Gasteiger partial charge >= 0.3 is 0 Å². The summed E-state index contributed by atoms with van der Waals surface area (Å²) in [4.78, 5) is 0. The van der Waals surface area contributed by atoms with Crippen molar-refractivity contribution >= 4 is 0 Å². The summed E-state index contributed by atoms with van der Waals surface area (Å²) in [6, 6.07) is 0. The summed E-state index contributed by atoms with van der Waals surface area (Å²) in [7, 11) is 0. The third-order valence-electron chi connectivity index (χ3n) is 4.10. The Labute approximate surface area is 132 Å². The van der Waals surface area contributed by atoms with Crippen molar-refractivity contribution in [2.75, 3.05) is 19.8 Å². The number of aliphatic hydroxyl groups is 2. The Balaban J connectivity index is 3.92. The molecule has 0 aromatic carbocycles. The Kier molecular flexibility index (Phi) is 14.7. The maximum absolute atomic E-state index is 10.7. The first-order chi connectivity index (χ1) is 10.2. The lowest BCUT2D eigenvalue weighted by atomic mass is 9.90. The highest BCUT2D eigenvalue weighted by Gasteiger charge is 2.26. The van der Waals surface area contributed by atoms with Crippen molar-refractivity contribution in [3.05, 3.63) is 0 Å². The molecule has 0 fully saturated rings. The van der Waals surface area contributed by atoms with Crippen LogP contribution in [0.25, 0.3) is 0 Å². The van der Waals surface area contributed by atoms with E-state index < -0.39 is 5.60 Å². The van der Waals surface area contributed by atoms with Crippen molar-refractivity contribution in [3.63, 3.8) is 0 Å². The number of ether oxygens (including phenoxy) is 1. The molecule has 1 atom stereocenters. The van der Waals surface area contributed by atoms with E-state index in [0.717, 1.165) is 25.7 Å². The predicted octanol–water partition coefficient (Wildman–Crippen LogP) is 4.45. The Morgan fingerprint density at radius 3 is 1.76 bits per heavy atom. The Morgan fingerprint density at radius 2 is 1.24 bits per heavy atom. The zero-order chi connectivity index (χ0) is 15.8. The molecule has 0 bridgehead atoms. The number of aliphatic hydroxyl groups excluding tert-OH is 1. The third-order valence-corrected chi connectivity index (χ3v) is 4.10. The van der Waals surface area contributed by atoms with Gasteiger partial charge in [0.05, 0.1) is 25.4 Å². The van der Waals surface area contributed by atoms with Crippen LogP contribution in [0.3, 0.4) is 0 Å². The first-order valence-electron chi connectivity index (χ1n) is 9.09. The largest absolute Gasteiger partial charge is 0.394 e. The molecule has 3 heteroatoms. The molecule has 128 valence electrons. The number of hydrogen-bond donors (Lipinski definition) is 2. The van der Waals surface area contributed by atoms with Crippen molar-refractivity contribution in [3.8, 4) is 0 Å². The zero-order valence-corrected chi connectivity index (χ0v) is 14.4. The molecule has 0 rings (SSSR count). The van der Waals surface area contributed by atoms with Gasteiger partial charge in [-0.25, -0.2) is 0 Å². The van der Waals surface area contributed by atoms with Gasteiger partial charge in [-0.2, -0.15) is 0 Å². The minimum Gasteiger partial charge on any atom is -0.394 e. The lowest BCUT2D eigenvalue weighted by molar-refractivity contribution is -0.0650. The molecule has 0 saturated heterocycles. The monoisotopic (exact) mass is 302 g/mol. The molecule has 3 nitrogen and oxygen atoms in total. The Morgan fingerprint density at radius 1 is 0.762 bits per heavy atom. The number of hydrogen-bond acceptors (Lipinski definition) is 3. The molecule has 0 amide bonds. The van der Waals surface area contributed by atoms with Gasteiger partial charge in [0.15, 0.2) is 0 Å². The average molecular weight is 302 g/mol. The van der Waals surface area contributed by atoms with Crippen LogP contribution in [0, 0.1) is 0 Å². The summed E-state index contributed by atoms with van der Waals surface area (Å²) >= 11 is 0. The zero-order valence-electron chi connectivity index (χ0n) is 14.4. The van der Waals surface area contributed by atoms with Crippen LogP contribution < -0.4 is 0 Å². The molecule has 1 unspecified atom stereocenters. The van der Waals surface area contributed by atoms with Crippen LogP contribution in [0.1, 0.15) is 90.9 Å². The summed E-state index contributed by atoms with van der Waals surface area (Å²) in [5.74, 6) is 0. The minimum absolute atomic E-state index is 0.0307. The van der Waals surface area contributed by atoms with E-state index in [1.807, 2.05) is 0 Å². The van der Waals surface area contributed by atoms with Crippen LogP contribution in [0.4, 0.5) is 0 Å². The highest BCUT2D eigenvalue weighted by atomic mass is 16.5. The van der Waals surface area contributed by atoms with E-state index in [9.17, 15) is 5.11 Å². The van der Waals surface area contributed by atoms with Gasteiger partial charge in [-0.15, -0.1) is 0 Å². The van der Waals surface area contributed by atoms with Gasteiger partial charge in [-0.05, 0) is 12.8 Å². The van der Waals surface area contributed by atoms with E-state index in [1.54, 1.807) is 0 Å². The van der Waals surface area contributed by atoms with Gasteiger partial charge in [0.25, 0.3) is 0 Å². The molecule has 0 spiro atoms. The summed E-state index contributed by atoms with van der Waals surface area (Å²) in [6.07, 6.45) is 13.8. The summed E-state index contributed by atoms with van der Waals surface area (Å²) in [5.41, 5.74) is -0.687. The van der Waals surface area contributed by atoms with Gasteiger partial charge in [-0.1, -0.05) is 78.1 Å². The van der Waals surface area contributed by atoms with Gasteiger partial charge < -0.3 is 14.9 Å². The lowest BCUT2D eigenvalue weighted by Crippen LogP contribution is -2.35. The SMILES string of the molecule is CCCCCCCCC(O)(CCCCCC)COCCO. The van der Waals surface area contributed by atoms with Crippen LogP contribution in [0.15, 0.2) is 0 Å². The van der Waals surface area contributed by atoms with Gasteiger partial charge in [0.1, 0.15) is 0 Å². The van der Waals surface area contributed by atoms with E-state index in [-0.39, 0.29) is 6.61 Å². The normalized spacial score (nSPS) is 14.3. The molecule has 0 aliphatic rings. The highest BCUT2D eigenvalue weighted by Crippen LogP contribution is 2.23. The van der Waals surface area contributed by atoms with E-state index in [4.69, 9.17) is 9.84 Å². The molecule has 21 heavy (non-hydrogen) atoms. The Hall–Kier alpha value is -0.120. The first kappa shape index (κ1) is 20.9. The van der Waals surface area contributed by atoms with Crippen molar-refractivity contribution in [1.82, 2.24) is 0 Å². The lowest BCUT2D eigenvalue weighted by Gasteiger charge is -2.28. The van der Waals surface area contributed by atoms with Crippen molar-refractivity contribution < 1.29 is 14.9 Å². The molecule has 0 radical (unpaired) electrons. The molecule has 0 aliphatic heterocycles. The molecule has 0 saturated carbocycles. The van der Waals surface area contributed by atoms with Crippen molar-refractivity contribution in [2.24, 2.45) is 0 Å². The first-order valence-corrected chi connectivity index (χ1v) is 9.09. The number of unbranched alkanes of at least 4 members (excludes halogenated alkanes) is 8. The van der Waals surface area contributed by atoms with E-state index in [1.165, 1.54) is 51.4 Å². The summed E-state index contributed by atoms with van der Waals surface area (Å²) in [6.45, 7) is 5.16. The van der Waals surface area contributed by atoms with Gasteiger partial charge in [0, 0.05) is 0 Å². The van der Waals surface area contributed by atoms with E-state index >= 15 is 0 Å². The minimum atomic E-state index is -0.687. The summed E-state index contributed by atoms with van der Waals surface area (Å²) in [5, 5.41) is 19.5. The molecule has 0 aliphatic carbocycles. The second-order valence-electron chi connectivity index (χ2n) is 6.33. The standard InChI is InChI=1S/C18H38O3/c1-3-5-7-9-10-12-14-18(20,17-21-16-15-19)13-11-8-6-4-2/h19-20H,3-17H2,1-2H3. The fraction of sp³-hybridized carbons (Fsp3) is 1.00. The van der Waals surface area contributed by atoms with E-state index in [0.29, 0.717) is 13.2 Å². The second kappa shape index (κ2) is 14.8. The van der Waals surface area contributed by atoms with Crippen molar-refractivity contribution in [1.29, 1.82) is 0 Å². The average Bonchev–Trinajstić information content (AvgIpc) is 2.48. The fourth-order valence-electron chi connectivity index (χ4n) is 2.71. The summed E-state index contributed by atoms with van der Waals surface area (Å²) < 4.78 is 5.40. The molecule has 0 aromatic heterocycles. The molecular formula is C18H38O3.